The van der Waals surface area contributed by atoms with Crippen molar-refractivity contribution >= 4 is 46.1 Å². The van der Waals surface area contributed by atoms with Crippen molar-refractivity contribution in [2.45, 2.75) is 82.4 Å². The molecule has 1 fully saturated rings. The first kappa shape index (κ1) is 35.1. The molecule has 2 atom stereocenters. The molecule has 2 unspecified atom stereocenters. The van der Waals surface area contributed by atoms with Crippen molar-refractivity contribution in [1.82, 2.24) is 4.48 Å². The van der Waals surface area contributed by atoms with E-state index in [2.05, 4.69) is 18.4 Å². The van der Waals surface area contributed by atoms with Crippen LogP contribution in [-0.4, -0.2) is 62.6 Å². The summed E-state index contributed by atoms with van der Waals surface area (Å²) < 4.78 is 50.0. The van der Waals surface area contributed by atoms with E-state index in [4.69, 9.17) is 5.11 Å². The van der Waals surface area contributed by atoms with Gasteiger partial charge in [-0.1, -0.05) is 36.4 Å². The minimum absolute atomic E-state index is 0.0372. The van der Waals surface area contributed by atoms with Crippen LogP contribution in [-0.2, 0) is 30.3 Å². The summed E-state index contributed by atoms with van der Waals surface area (Å²) in [7, 11) is -8.79. The number of unbranched alkanes of at least 4 members (excludes halogenated alkanes) is 2. The van der Waals surface area contributed by atoms with E-state index in [0.29, 0.717) is 32.4 Å². The number of hydrogen-bond acceptors (Lipinski definition) is 4. The van der Waals surface area contributed by atoms with Gasteiger partial charge in [0.15, 0.2) is 5.71 Å². The average Bonchev–Trinajstić information content (AvgIpc) is 3.57. The van der Waals surface area contributed by atoms with Gasteiger partial charge in [0.2, 0.25) is 11.1 Å². The monoisotopic (exact) mass is 684 g/mol. The number of quaternary nitrogens is 1. The predicted octanol–water partition coefficient (Wildman–Crippen LogP) is 5.81. The molecule has 3 heterocycles. The summed E-state index contributed by atoms with van der Waals surface area (Å²) in [4.78, 5) is 30.7. The number of hydrogen-bond donors (Lipinski definition) is 4. The maximum atomic E-state index is 12.7. The number of carbonyl (C=O) groups is 1. The smallest absolute Gasteiger partial charge is 0.356 e. The topological polar surface area (TPSA) is 152 Å². The van der Waals surface area contributed by atoms with Crippen LogP contribution in [0.25, 0.3) is 0 Å². The Morgan fingerprint density at radius 3 is 2.40 bits per heavy atom. The van der Waals surface area contributed by atoms with Crippen LogP contribution in [0.4, 0.5) is 11.4 Å². The van der Waals surface area contributed by atoms with Crippen LogP contribution < -0.4 is 9.79 Å². The van der Waals surface area contributed by atoms with Gasteiger partial charge >= 0.3 is 23.7 Å². The Bertz CT molecular complexity index is 1870. The molecular formula is C35H45N2O8PS+2. The number of carboxylic acids is 1. The first-order valence-corrected chi connectivity index (χ1v) is 19.1. The first-order valence-electron chi connectivity index (χ1n) is 16.0. The zero-order valence-corrected chi connectivity index (χ0v) is 29.0. The second kappa shape index (κ2) is 12.7. The maximum Gasteiger partial charge on any atom is 0.356 e. The molecule has 10 nitrogen and oxygen atoms in total. The van der Waals surface area contributed by atoms with Crippen molar-refractivity contribution in [2.75, 3.05) is 13.1 Å². The summed E-state index contributed by atoms with van der Waals surface area (Å²) in [5, 5.41) is 8.00. The first-order chi connectivity index (χ1) is 21.9. The number of fused-ring (bicyclic) bond motifs is 3. The van der Waals surface area contributed by atoms with Gasteiger partial charge in [-0.15, -0.1) is 0 Å². The molecule has 0 amide bonds. The minimum Gasteiger partial charge on any atom is -0.481 e. The van der Waals surface area contributed by atoms with Crippen LogP contribution in [0.1, 0.15) is 77.3 Å². The Morgan fingerprint density at radius 1 is 1.00 bits per heavy atom. The molecule has 47 heavy (non-hydrogen) atoms. The highest BCUT2D eigenvalue weighted by Gasteiger charge is 2.62. The lowest BCUT2D eigenvalue weighted by molar-refractivity contribution is -0.438. The molecule has 4 N–H and O–H groups in total. The molecule has 5 rings (SSSR count). The van der Waals surface area contributed by atoms with Crippen LogP contribution in [0.2, 0.25) is 0 Å². The second-order valence-electron chi connectivity index (χ2n) is 13.8. The van der Waals surface area contributed by atoms with E-state index in [9.17, 15) is 32.1 Å². The van der Waals surface area contributed by atoms with Gasteiger partial charge in [0.25, 0.3) is 0 Å². The highest BCUT2D eigenvalue weighted by molar-refractivity contribution is 7.86. The van der Waals surface area contributed by atoms with E-state index in [1.54, 1.807) is 12.1 Å². The Balaban J connectivity index is 1.50. The Hall–Kier alpha value is -3.18. The van der Waals surface area contributed by atoms with E-state index >= 15 is 0 Å². The van der Waals surface area contributed by atoms with E-state index < -0.39 is 39.9 Å². The fraction of sp³-hybridized carbons (Fsp3) is 0.429. The molecule has 0 radical (unpaired) electrons. The summed E-state index contributed by atoms with van der Waals surface area (Å²) in [6.07, 6.45) is 12.8. The van der Waals surface area contributed by atoms with Gasteiger partial charge in [-0.3, -0.25) is 13.9 Å². The van der Waals surface area contributed by atoms with Crippen molar-refractivity contribution in [3.63, 3.8) is 0 Å². The average molecular weight is 685 g/mol. The third-order valence-electron chi connectivity index (χ3n) is 10.1. The van der Waals surface area contributed by atoms with Crippen LogP contribution in [0.3, 0.4) is 0 Å². The van der Waals surface area contributed by atoms with Gasteiger partial charge in [-0.05, 0) is 64.8 Å². The molecule has 2 aromatic carbocycles. The summed E-state index contributed by atoms with van der Waals surface area (Å²) in [6.45, 7) is 9.38. The fourth-order valence-electron chi connectivity index (χ4n) is 7.93. The molecule has 252 valence electrons. The molecule has 1 saturated heterocycles. The third-order valence-corrected chi connectivity index (χ3v) is 12.3. The molecule has 2 aromatic rings. The van der Waals surface area contributed by atoms with Crippen molar-refractivity contribution in [2.24, 2.45) is 0 Å². The standard InChI is InChI=1S/C35H43N2O8PS/c1-34(2)27-24-25(46(40,41)42)20-21-28(27)36(22-12-6-9-19-33(38)39)30(34)16-7-5-8-17-31-35(3,4)26-14-10-11-15-29(26)37(31)23-13-18-32(37)47(43,44)45/h5,7-8,10-11,14-17,20-21,24,32H,6,9,12-13,18-19,22-23H2,1-4H3,(H2-2,38,39,40,41,42,43,44,45)/p+2/b8-5+,16-7+,31-17+. The van der Waals surface area contributed by atoms with Gasteiger partial charge in [-0.2, -0.15) is 13.0 Å². The van der Waals surface area contributed by atoms with Crippen LogP contribution in [0.5, 0.6) is 0 Å². The lowest BCUT2D eigenvalue weighted by atomic mass is 9.81. The molecule has 1 spiro atoms. The van der Waals surface area contributed by atoms with Crippen molar-refractivity contribution in [3.05, 3.63) is 89.7 Å². The van der Waals surface area contributed by atoms with E-state index in [1.807, 2.05) is 68.5 Å². The SMILES string of the molecule is CC1(C)C(/C=C/C=C/C=C2\C(C)(C)c3ccccc3[N+]23CCCC3S(=O)(=O)O)=[N+](CCCCCC(=O)O)c2ccc(P(=O)(O)O)cc21. The predicted molar refractivity (Wildman–Crippen MR) is 184 cm³/mol. The lowest BCUT2D eigenvalue weighted by Gasteiger charge is -2.37. The molecule has 3 aliphatic rings. The number of allylic oxidation sites excluding steroid dienone is 6. The number of para-hydroxylation sites is 1. The van der Waals surface area contributed by atoms with Crippen molar-refractivity contribution in [1.29, 1.82) is 0 Å². The number of nitrogens with zero attached hydrogens (tertiary/aromatic N) is 2. The summed E-state index contributed by atoms with van der Waals surface area (Å²) in [5.41, 5.74) is 4.40. The normalized spacial score (nSPS) is 24.2. The highest BCUT2D eigenvalue weighted by atomic mass is 32.2. The zero-order valence-electron chi connectivity index (χ0n) is 27.3. The molecule has 0 bridgehead atoms. The molecule has 0 aliphatic carbocycles. The minimum atomic E-state index is -4.46. The van der Waals surface area contributed by atoms with Crippen molar-refractivity contribution < 1.29 is 41.8 Å². The Labute approximate surface area is 277 Å². The number of aliphatic carboxylic acids is 1. The van der Waals surface area contributed by atoms with Crippen LogP contribution in [0, 0.1) is 0 Å². The summed E-state index contributed by atoms with van der Waals surface area (Å²) in [6, 6.07) is 12.7. The highest BCUT2D eigenvalue weighted by Crippen LogP contribution is 2.57. The van der Waals surface area contributed by atoms with Gasteiger partial charge in [0.05, 0.1) is 22.7 Å². The lowest BCUT2D eigenvalue weighted by Crippen LogP contribution is -2.55. The molecular weight excluding hydrogens is 639 g/mol. The molecule has 0 saturated carbocycles. The Morgan fingerprint density at radius 2 is 1.72 bits per heavy atom. The summed E-state index contributed by atoms with van der Waals surface area (Å²) >= 11 is 0. The van der Waals surface area contributed by atoms with Crippen LogP contribution in [0.15, 0.2) is 78.5 Å². The maximum absolute atomic E-state index is 12.7. The van der Waals surface area contributed by atoms with Gasteiger partial charge in [0.1, 0.15) is 17.9 Å². The Kier molecular flexibility index (Phi) is 9.49. The van der Waals surface area contributed by atoms with Crippen LogP contribution >= 0.6 is 7.60 Å². The van der Waals surface area contributed by atoms with Crippen molar-refractivity contribution in [3.8, 4) is 0 Å². The number of carboxylic acid groups (broad SMARTS) is 1. The zero-order chi connectivity index (χ0) is 34.4. The number of rotatable bonds is 11. The largest absolute Gasteiger partial charge is 0.481 e. The number of benzene rings is 2. The quantitative estimate of drug-likeness (QED) is 0.0578. The molecule has 3 aliphatic heterocycles. The van der Waals surface area contributed by atoms with Gasteiger partial charge in [-0.25, -0.2) is 4.48 Å². The second-order valence-corrected chi connectivity index (χ2v) is 16.9. The van der Waals surface area contributed by atoms with E-state index in [-0.39, 0.29) is 16.2 Å². The molecule has 12 heteroatoms. The fourth-order valence-corrected chi connectivity index (χ4v) is 9.75. The van der Waals surface area contributed by atoms with E-state index in [0.717, 1.165) is 46.8 Å². The van der Waals surface area contributed by atoms with E-state index in [1.165, 1.54) is 6.07 Å². The summed E-state index contributed by atoms with van der Waals surface area (Å²) in [5.74, 6) is -0.824. The molecule has 0 aromatic heterocycles. The third kappa shape index (κ3) is 6.37. The van der Waals surface area contributed by atoms with Gasteiger partial charge in [0, 0.05) is 49.0 Å². The van der Waals surface area contributed by atoms with Gasteiger partial charge < -0.3 is 14.9 Å².